The second-order valence-corrected chi connectivity index (χ2v) is 12.8. The van der Waals surface area contributed by atoms with Crippen LogP contribution in [0.15, 0.2) is 48.7 Å². The number of carbonyl (C=O) groups is 1. The number of ether oxygens (including phenoxy) is 2. The van der Waals surface area contributed by atoms with Crippen molar-refractivity contribution in [3.05, 3.63) is 82.4 Å². The lowest BCUT2D eigenvalue weighted by molar-refractivity contribution is -0.142. The highest BCUT2D eigenvalue weighted by molar-refractivity contribution is 5.71. The molecule has 42 heavy (non-hydrogen) atoms. The van der Waals surface area contributed by atoms with E-state index in [1.165, 1.54) is 24.6 Å². The molecule has 220 valence electrons. The van der Waals surface area contributed by atoms with Gasteiger partial charge < -0.3 is 14.6 Å². The number of aliphatic carboxylic acids is 1. The van der Waals surface area contributed by atoms with Crippen LogP contribution in [0.2, 0.25) is 0 Å². The summed E-state index contributed by atoms with van der Waals surface area (Å²) >= 11 is 0. The number of aromatic nitrogens is 1. The Morgan fingerprint density at radius 1 is 1.05 bits per heavy atom. The number of benzene rings is 2. The Labute approximate surface area is 246 Å². The average Bonchev–Trinajstić information content (AvgIpc) is 3.88. The number of fused-ring (bicyclic) bond motifs is 1. The summed E-state index contributed by atoms with van der Waals surface area (Å²) in [5, 5.41) is 9.77. The predicted octanol–water partition coefficient (Wildman–Crippen LogP) is 6.84. The molecule has 3 fully saturated rings. The molecule has 2 aliphatic carbocycles. The van der Waals surface area contributed by atoms with Crippen molar-refractivity contribution >= 4 is 5.97 Å². The summed E-state index contributed by atoms with van der Waals surface area (Å²) < 4.78 is 27.3. The Bertz CT molecular complexity index is 1500. The van der Waals surface area contributed by atoms with Gasteiger partial charge in [0.25, 0.3) is 0 Å². The van der Waals surface area contributed by atoms with Crippen LogP contribution in [-0.2, 0) is 22.5 Å². The van der Waals surface area contributed by atoms with Crippen LogP contribution < -0.4 is 4.74 Å². The summed E-state index contributed by atoms with van der Waals surface area (Å²) in [4.78, 5) is 18.6. The number of carboxylic acids is 1. The number of carboxylic acid groups (broad SMARTS) is 1. The van der Waals surface area contributed by atoms with E-state index in [1.807, 2.05) is 19.9 Å². The standard InChI is InChI=1S/C35H39FN2O4/c1-20-13-30(31(36)16-37-20)29-11-7-24(14-26(29)17-38(27-9-10-27)28-18-41-19-28)32-12-8-22-3-6-25(15-33(22)42-32)34(23-4-5-23)21(2)35(39)40/h3,6-7,11,13-16,21,23,27-28,32,34H,4-5,8-10,12,17-19H2,1-2H3,(H,39,40)/t21-,32?,34-/m0/s1. The Morgan fingerprint density at radius 2 is 1.86 bits per heavy atom. The van der Waals surface area contributed by atoms with Gasteiger partial charge in [0.05, 0.1) is 31.4 Å². The molecule has 1 aromatic heterocycles. The molecular formula is C35H39FN2O4. The summed E-state index contributed by atoms with van der Waals surface area (Å²) in [7, 11) is 0. The van der Waals surface area contributed by atoms with Gasteiger partial charge >= 0.3 is 5.97 Å². The van der Waals surface area contributed by atoms with Crippen molar-refractivity contribution < 1.29 is 23.8 Å². The number of aryl methyl sites for hydroxylation is 2. The fourth-order valence-electron chi connectivity index (χ4n) is 6.94. The first-order valence-electron chi connectivity index (χ1n) is 15.5. The van der Waals surface area contributed by atoms with E-state index in [9.17, 15) is 9.90 Å². The molecule has 2 aromatic carbocycles. The van der Waals surface area contributed by atoms with Gasteiger partial charge in [-0.1, -0.05) is 37.3 Å². The zero-order valence-corrected chi connectivity index (χ0v) is 24.4. The molecule has 0 spiro atoms. The third-order valence-electron chi connectivity index (χ3n) is 9.72. The summed E-state index contributed by atoms with van der Waals surface area (Å²) in [6.07, 6.45) is 7.51. The molecule has 1 unspecified atom stereocenters. The monoisotopic (exact) mass is 570 g/mol. The summed E-state index contributed by atoms with van der Waals surface area (Å²) in [6.45, 7) is 5.96. The van der Waals surface area contributed by atoms with E-state index in [2.05, 4.69) is 46.3 Å². The molecule has 3 aromatic rings. The van der Waals surface area contributed by atoms with Crippen LogP contribution in [0, 0.1) is 24.6 Å². The largest absolute Gasteiger partial charge is 0.485 e. The highest BCUT2D eigenvalue weighted by Crippen LogP contribution is 2.48. The fourth-order valence-corrected chi connectivity index (χ4v) is 6.94. The lowest BCUT2D eigenvalue weighted by Crippen LogP contribution is -2.49. The third-order valence-corrected chi connectivity index (χ3v) is 9.72. The predicted molar refractivity (Wildman–Crippen MR) is 158 cm³/mol. The van der Waals surface area contributed by atoms with Crippen LogP contribution in [0.5, 0.6) is 5.75 Å². The minimum Gasteiger partial charge on any atom is -0.485 e. The van der Waals surface area contributed by atoms with Gasteiger partial charge in [0.2, 0.25) is 0 Å². The molecule has 3 atom stereocenters. The Hall–Kier alpha value is -3.29. The van der Waals surface area contributed by atoms with Crippen molar-refractivity contribution in [2.45, 2.75) is 83.0 Å². The van der Waals surface area contributed by atoms with Crippen LogP contribution in [0.4, 0.5) is 4.39 Å². The molecule has 2 aliphatic heterocycles. The minimum atomic E-state index is -0.745. The minimum absolute atomic E-state index is 0.00488. The number of nitrogens with zero attached hydrogens (tertiary/aromatic N) is 2. The van der Waals surface area contributed by atoms with E-state index in [1.54, 1.807) is 0 Å². The lowest BCUT2D eigenvalue weighted by Gasteiger charge is -2.38. The van der Waals surface area contributed by atoms with Crippen molar-refractivity contribution in [1.29, 1.82) is 0 Å². The third kappa shape index (κ3) is 5.45. The molecule has 1 saturated heterocycles. The summed E-state index contributed by atoms with van der Waals surface area (Å²) in [5.41, 5.74) is 6.71. The van der Waals surface area contributed by atoms with E-state index < -0.39 is 11.9 Å². The molecule has 4 aliphatic rings. The average molecular weight is 571 g/mol. The topological polar surface area (TPSA) is 71.9 Å². The fraction of sp³-hybridized carbons (Fsp3) is 0.486. The van der Waals surface area contributed by atoms with E-state index in [-0.39, 0.29) is 17.8 Å². The molecule has 7 rings (SSSR count). The van der Waals surface area contributed by atoms with E-state index >= 15 is 4.39 Å². The van der Waals surface area contributed by atoms with Gasteiger partial charge in [-0.2, -0.15) is 0 Å². The zero-order valence-electron chi connectivity index (χ0n) is 24.4. The second-order valence-electron chi connectivity index (χ2n) is 12.8. The Balaban J connectivity index is 1.21. The quantitative estimate of drug-likeness (QED) is 0.288. The number of hydrogen-bond acceptors (Lipinski definition) is 5. The molecule has 1 N–H and O–H groups in total. The first-order chi connectivity index (χ1) is 20.4. The van der Waals surface area contributed by atoms with Gasteiger partial charge in [-0.25, -0.2) is 4.39 Å². The normalized spacial score (nSPS) is 21.8. The van der Waals surface area contributed by atoms with E-state index in [4.69, 9.17) is 9.47 Å². The molecule has 3 heterocycles. The van der Waals surface area contributed by atoms with Gasteiger partial charge in [-0.05, 0) is 97.2 Å². The first-order valence-corrected chi connectivity index (χ1v) is 15.5. The number of halogens is 1. The van der Waals surface area contributed by atoms with E-state index in [0.29, 0.717) is 23.6 Å². The van der Waals surface area contributed by atoms with Crippen molar-refractivity contribution in [2.75, 3.05) is 13.2 Å². The molecule has 0 amide bonds. The first kappa shape index (κ1) is 27.5. The van der Waals surface area contributed by atoms with Crippen LogP contribution in [-0.4, -0.2) is 46.3 Å². The van der Waals surface area contributed by atoms with Crippen molar-refractivity contribution in [3.63, 3.8) is 0 Å². The van der Waals surface area contributed by atoms with Crippen molar-refractivity contribution in [2.24, 2.45) is 11.8 Å². The smallest absolute Gasteiger partial charge is 0.306 e. The summed E-state index contributed by atoms with van der Waals surface area (Å²) in [5.74, 6) is -0.194. The number of rotatable bonds is 10. The molecule has 0 radical (unpaired) electrons. The van der Waals surface area contributed by atoms with Crippen molar-refractivity contribution in [1.82, 2.24) is 9.88 Å². The maximum absolute atomic E-state index is 15.1. The Morgan fingerprint density at radius 3 is 2.55 bits per heavy atom. The van der Waals surface area contributed by atoms with Crippen molar-refractivity contribution in [3.8, 4) is 16.9 Å². The molecule has 2 saturated carbocycles. The van der Waals surface area contributed by atoms with E-state index in [0.717, 1.165) is 79.1 Å². The van der Waals surface area contributed by atoms with Gasteiger partial charge in [0, 0.05) is 23.8 Å². The maximum atomic E-state index is 15.1. The number of pyridine rings is 1. The SMILES string of the molecule is Cc1cc(-c2ccc(C3CCc4ccc([C@H](C5CC5)[C@H](C)C(=O)O)cc4O3)cc2CN(C2CC2)C2COC2)c(F)cn1. The van der Waals surface area contributed by atoms with Crippen LogP contribution >= 0.6 is 0 Å². The zero-order chi connectivity index (χ0) is 29.0. The lowest BCUT2D eigenvalue weighted by atomic mass is 9.82. The molecule has 7 heteroatoms. The maximum Gasteiger partial charge on any atom is 0.306 e. The Kier molecular flexibility index (Phi) is 7.27. The summed E-state index contributed by atoms with van der Waals surface area (Å²) in [6, 6.07) is 15.5. The van der Waals surface area contributed by atoms with Gasteiger partial charge in [0.15, 0.2) is 0 Å². The van der Waals surface area contributed by atoms with Crippen LogP contribution in [0.3, 0.4) is 0 Å². The van der Waals surface area contributed by atoms with Crippen LogP contribution in [0.1, 0.15) is 79.0 Å². The number of hydrogen-bond donors (Lipinski definition) is 1. The molecular weight excluding hydrogens is 531 g/mol. The molecule has 0 bridgehead atoms. The van der Waals surface area contributed by atoms with Gasteiger partial charge in [0.1, 0.15) is 17.7 Å². The van der Waals surface area contributed by atoms with Crippen LogP contribution in [0.25, 0.3) is 11.1 Å². The molecule has 6 nitrogen and oxygen atoms in total. The van der Waals surface area contributed by atoms with Gasteiger partial charge in [-0.15, -0.1) is 0 Å². The van der Waals surface area contributed by atoms with Gasteiger partial charge in [-0.3, -0.25) is 14.7 Å². The highest BCUT2D eigenvalue weighted by atomic mass is 19.1. The highest BCUT2D eigenvalue weighted by Gasteiger charge is 2.40. The second kappa shape index (κ2) is 11.1.